The Kier molecular flexibility index (Phi) is 5.39. The SMILES string of the molecule is CCNc1ccccc1C(=O)Nc1ccc(Br)cc1CC. The van der Waals surface area contributed by atoms with Gasteiger partial charge in [0, 0.05) is 22.4 Å². The summed E-state index contributed by atoms with van der Waals surface area (Å²) in [5, 5.41) is 6.22. The number of aryl methyl sites for hydroxylation is 1. The number of halogens is 1. The zero-order chi connectivity index (χ0) is 15.2. The largest absolute Gasteiger partial charge is 0.385 e. The average molecular weight is 347 g/mol. The molecular weight excluding hydrogens is 328 g/mol. The van der Waals surface area contributed by atoms with Gasteiger partial charge in [0.25, 0.3) is 5.91 Å². The van der Waals surface area contributed by atoms with E-state index in [9.17, 15) is 4.79 Å². The Labute approximate surface area is 133 Å². The number of hydrogen-bond acceptors (Lipinski definition) is 2. The molecule has 0 unspecified atom stereocenters. The van der Waals surface area contributed by atoms with E-state index in [1.54, 1.807) is 0 Å². The molecule has 4 heteroatoms. The van der Waals surface area contributed by atoms with Crippen molar-refractivity contribution in [3.63, 3.8) is 0 Å². The van der Waals surface area contributed by atoms with Crippen LogP contribution in [0.3, 0.4) is 0 Å². The van der Waals surface area contributed by atoms with Gasteiger partial charge in [-0.1, -0.05) is 35.0 Å². The van der Waals surface area contributed by atoms with E-state index in [0.29, 0.717) is 5.56 Å². The summed E-state index contributed by atoms with van der Waals surface area (Å²) in [5.41, 5.74) is 3.48. The highest BCUT2D eigenvalue weighted by Crippen LogP contribution is 2.23. The summed E-state index contributed by atoms with van der Waals surface area (Å²) < 4.78 is 1.02. The molecule has 0 aliphatic carbocycles. The van der Waals surface area contributed by atoms with Crippen LogP contribution in [0.25, 0.3) is 0 Å². The number of nitrogens with one attached hydrogen (secondary N) is 2. The van der Waals surface area contributed by atoms with E-state index < -0.39 is 0 Å². The van der Waals surface area contributed by atoms with Gasteiger partial charge in [0.15, 0.2) is 0 Å². The molecule has 2 rings (SSSR count). The van der Waals surface area contributed by atoms with Gasteiger partial charge in [0.1, 0.15) is 0 Å². The first-order chi connectivity index (χ1) is 10.2. The van der Waals surface area contributed by atoms with Gasteiger partial charge in [-0.25, -0.2) is 0 Å². The molecule has 3 nitrogen and oxygen atoms in total. The number of hydrogen-bond donors (Lipinski definition) is 2. The van der Waals surface area contributed by atoms with Crippen LogP contribution in [0.15, 0.2) is 46.9 Å². The van der Waals surface area contributed by atoms with Crippen LogP contribution >= 0.6 is 15.9 Å². The van der Waals surface area contributed by atoms with Gasteiger partial charge < -0.3 is 10.6 Å². The van der Waals surface area contributed by atoms with Crippen molar-refractivity contribution < 1.29 is 4.79 Å². The maximum Gasteiger partial charge on any atom is 0.257 e. The minimum atomic E-state index is -0.0939. The van der Waals surface area contributed by atoms with Crippen molar-refractivity contribution in [2.45, 2.75) is 20.3 Å². The molecule has 0 saturated carbocycles. The molecule has 2 N–H and O–H groups in total. The summed E-state index contributed by atoms with van der Waals surface area (Å²) in [4.78, 5) is 12.5. The fraction of sp³-hybridized carbons (Fsp3) is 0.235. The Morgan fingerprint density at radius 3 is 2.57 bits per heavy atom. The third-order valence-corrected chi connectivity index (χ3v) is 3.73. The highest BCUT2D eigenvalue weighted by atomic mass is 79.9. The quantitative estimate of drug-likeness (QED) is 0.823. The van der Waals surface area contributed by atoms with Crippen LogP contribution < -0.4 is 10.6 Å². The maximum absolute atomic E-state index is 12.5. The lowest BCUT2D eigenvalue weighted by atomic mass is 10.1. The predicted octanol–water partition coefficient (Wildman–Crippen LogP) is 4.70. The average Bonchev–Trinajstić information content (AvgIpc) is 2.49. The first-order valence-electron chi connectivity index (χ1n) is 7.08. The predicted molar refractivity (Wildman–Crippen MR) is 92.1 cm³/mol. The molecule has 0 aliphatic heterocycles. The van der Waals surface area contributed by atoms with Gasteiger partial charge in [0.2, 0.25) is 0 Å². The molecule has 21 heavy (non-hydrogen) atoms. The molecule has 0 fully saturated rings. The highest BCUT2D eigenvalue weighted by molar-refractivity contribution is 9.10. The Hall–Kier alpha value is -1.81. The van der Waals surface area contributed by atoms with E-state index in [-0.39, 0.29) is 5.91 Å². The molecule has 0 bridgehead atoms. The zero-order valence-corrected chi connectivity index (χ0v) is 13.8. The summed E-state index contributed by atoms with van der Waals surface area (Å²) >= 11 is 3.46. The van der Waals surface area contributed by atoms with E-state index in [2.05, 4.69) is 33.5 Å². The molecule has 1 amide bonds. The third kappa shape index (κ3) is 3.85. The molecule has 0 saturated heterocycles. The zero-order valence-electron chi connectivity index (χ0n) is 12.2. The number of amides is 1. The molecule has 0 radical (unpaired) electrons. The van der Waals surface area contributed by atoms with Crippen LogP contribution in [0.1, 0.15) is 29.8 Å². The molecule has 0 aromatic heterocycles. The molecule has 0 aliphatic rings. The topological polar surface area (TPSA) is 41.1 Å². The van der Waals surface area contributed by atoms with Crippen molar-refractivity contribution in [2.24, 2.45) is 0 Å². The molecule has 2 aromatic carbocycles. The summed E-state index contributed by atoms with van der Waals surface area (Å²) in [6.45, 7) is 4.87. The number of para-hydroxylation sites is 1. The van der Waals surface area contributed by atoms with Crippen molar-refractivity contribution in [3.05, 3.63) is 58.1 Å². The van der Waals surface area contributed by atoms with Crippen molar-refractivity contribution in [1.82, 2.24) is 0 Å². The molecule has 0 heterocycles. The van der Waals surface area contributed by atoms with E-state index in [1.165, 1.54) is 0 Å². The second-order valence-corrected chi connectivity index (χ2v) is 5.60. The van der Waals surface area contributed by atoms with Crippen molar-refractivity contribution in [3.8, 4) is 0 Å². The fourth-order valence-corrected chi connectivity index (χ4v) is 2.60. The highest BCUT2D eigenvalue weighted by Gasteiger charge is 2.12. The molecule has 0 spiro atoms. The van der Waals surface area contributed by atoms with Crippen LogP contribution in [0, 0.1) is 0 Å². The third-order valence-electron chi connectivity index (χ3n) is 3.24. The van der Waals surface area contributed by atoms with E-state index in [4.69, 9.17) is 0 Å². The summed E-state index contributed by atoms with van der Waals surface area (Å²) in [6.07, 6.45) is 0.865. The van der Waals surface area contributed by atoms with Crippen LogP contribution in [-0.2, 0) is 6.42 Å². The number of rotatable bonds is 5. The number of benzene rings is 2. The fourth-order valence-electron chi connectivity index (χ4n) is 2.19. The van der Waals surface area contributed by atoms with Gasteiger partial charge in [0.05, 0.1) is 5.56 Å². The van der Waals surface area contributed by atoms with Crippen LogP contribution in [0.4, 0.5) is 11.4 Å². The van der Waals surface area contributed by atoms with E-state index in [1.807, 2.05) is 49.4 Å². The Bertz CT molecular complexity index is 640. The standard InChI is InChI=1S/C17H19BrN2O/c1-3-12-11-13(18)9-10-15(12)20-17(21)14-7-5-6-8-16(14)19-4-2/h5-11,19H,3-4H2,1-2H3,(H,20,21). The monoisotopic (exact) mass is 346 g/mol. The maximum atomic E-state index is 12.5. The summed E-state index contributed by atoms with van der Waals surface area (Å²) in [7, 11) is 0. The lowest BCUT2D eigenvalue weighted by Gasteiger charge is -2.13. The van der Waals surface area contributed by atoms with Crippen molar-refractivity contribution >= 4 is 33.2 Å². The second kappa shape index (κ2) is 7.27. The lowest BCUT2D eigenvalue weighted by molar-refractivity contribution is 0.102. The Balaban J connectivity index is 2.26. The molecule has 0 atom stereocenters. The Morgan fingerprint density at radius 2 is 1.86 bits per heavy atom. The van der Waals surface area contributed by atoms with Crippen molar-refractivity contribution in [2.75, 3.05) is 17.2 Å². The summed E-state index contributed by atoms with van der Waals surface area (Å²) in [5.74, 6) is -0.0939. The number of anilines is 2. The van der Waals surface area contributed by atoms with Crippen molar-refractivity contribution in [1.29, 1.82) is 0 Å². The number of carbonyl (C=O) groups is 1. The first kappa shape index (κ1) is 15.6. The minimum absolute atomic E-state index is 0.0939. The first-order valence-corrected chi connectivity index (χ1v) is 7.87. The molecule has 2 aromatic rings. The van der Waals surface area contributed by atoms with Crippen LogP contribution in [0.5, 0.6) is 0 Å². The number of carbonyl (C=O) groups excluding carboxylic acids is 1. The smallest absolute Gasteiger partial charge is 0.257 e. The van der Waals surface area contributed by atoms with Gasteiger partial charge in [-0.3, -0.25) is 4.79 Å². The lowest BCUT2D eigenvalue weighted by Crippen LogP contribution is -2.15. The molecular formula is C17H19BrN2O. The minimum Gasteiger partial charge on any atom is -0.385 e. The van der Waals surface area contributed by atoms with Crippen LogP contribution in [0.2, 0.25) is 0 Å². The van der Waals surface area contributed by atoms with Crippen LogP contribution in [-0.4, -0.2) is 12.5 Å². The van der Waals surface area contributed by atoms with E-state index >= 15 is 0 Å². The van der Waals surface area contributed by atoms with Gasteiger partial charge in [-0.2, -0.15) is 0 Å². The molecule has 110 valence electrons. The van der Waals surface area contributed by atoms with Gasteiger partial charge >= 0.3 is 0 Å². The Morgan fingerprint density at radius 1 is 1.10 bits per heavy atom. The normalized spacial score (nSPS) is 10.2. The second-order valence-electron chi connectivity index (χ2n) is 4.69. The van der Waals surface area contributed by atoms with Gasteiger partial charge in [-0.15, -0.1) is 0 Å². The summed E-state index contributed by atoms with van der Waals surface area (Å²) in [6, 6.07) is 13.4. The van der Waals surface area contributed by atoms with E-state index in [0.717, 1.165) is 34.4 Å². The van der Waals surface area contributed by atoms with Gasteiger partial charge in [-0.05, 0) is 49.2 Å².